The topological polar surface area (TPSA) is 94.0 Å². The van der Waals surface area contributed by atoms with Crippen LogP contribution in [0.25, 0.3) is 5.69 Å². The number of halogens is 6. The van der Waals surface area contributed by atoms with Crippen molar-refractivity contribution in [3.8, 4) is 17.3 Å². The Morgan fingerprint density at radius 1 is 0.951 bits per heavy atom. The molecule has 0 aliphatic carbocycles. The highest BCUT2D eigenvalue weighted by molar-refractivity contribution is 14.1. The number of alkyl halides is 3. The van der Waals surface area contributed by atoms with Gasteiger partial charge in [-0.15, -0.1) is 0 Å². The summed E-state index contributed by atoms with van der Waals surface area (Å²) in [5, 5.41) is 8.91. The molecule has 2 N–H and O–H groups in total. The lowest BCUT2D eigenvalue weighted by Gasteiger charge is -2.13. The summed E-state index contributed by atoms with van der Waals surface area (Å²) >= 11 is 2.16. The molecular formula is C27H16F5IN6O2. The highest BCUT2D eigenvalue weighted by Crippen LogP contribution is 2.34. The number of carbonyl (C=O) groups excluding carboxylic acids is 1. The van der Waals surface area contributed by atoms with Crippen LogP contribution in [0.5, 0.6) is 11.6 Å². The Morgan fingerprint density at radius 2 is 1.73 bits per heavy atom. The Kier molecular flexibility index (Phi) is 7.83. The molecule has 14 heteroatoms. The maximum absolute atomic E-state index is 14.8. The Hall–Kier alpha value is -4.60. The molecule has 0 fully saturated rings. The van der Waals surface area contributed by atoms with E-state index in [1.807, 2.05) is 24.3 Å². The number of benzene rings is 3. The van der Waals surface area contributed by atoms with Gasteiger partial charge in [-0.3, -0.25) is 4.79 Å². The van der Waals surface area contributed by atoms with Gasteiger partial charge in [-0.05, 0) is 77.2 Å². The number of rotatable bonds is 7. The van der Waals surface area contributed by atoms with Gasteiger partial charge in [0.2, 0.25) is 11.8 Å². The summed E-state index contributed by atoms with van der Waals surface area (Å²) in [7, 11) is 0. The molecule has 2 heterocycles. The summed E-state index contributed by atoms with van der Waals surface area (Å²) in [6, 6.07) is 16.3. The van der Waals surface area contributed by atoms with Gasteiger partial charge in [-0.2, -0.15) is 23.3 Å². The Balaban J connectivity index is 1.32. The monoisotopic (exact) mass is 678 g/mol. The van der Waals surface area contributed by atoms with Crippen LogP contribution < -0.4 is 15.4 Å². The van der Waals surface area contributed by atoms with E-state index in [0.717, 1.165) is 45.8 Å². The highest BCUT2D eigenvalue weighted by Gasteiger charge is 2.40. The minimum absolute atomic E-state index is 0.0202. The molecule has 3 aromatic carbocycles. The first kappa shape index (κ1) is 27.9. The standard InChI is InChI=1S/C27H16F5IN6O2/c28-15-4-7-19(8-5-15)39-24(27(30,31)32)20(14-35-39)25(40)36-18-6-9-22(21(29)13-18)41-23-10-11-34-26(38-23)37-17-3-1-2-16(33)12-17/h1-14H,(H,36,40)(H,34,37,38). The second-order valence-corrected chi connectivity index (χ2v) is 9.59. The predicted octanol–water partition coefficient (Wildman–Crippen LogP) is 7.35. The molecule has 41 heavy (non-hydrogen) atoms. The molecular weight excluding hydrogens is 662 g/mol. The average molecular weight is 678 g/mol. The van der Waals surface area contributed by atoms with Crippen molar-refractivity contribution < 1.29 is 31.5 Å². The summed E-state index contributed by atoms with van der Waals surface area (Å²) in [6.45, 7) is 0. The van der Waals surface area contributed by atoms with E-state index in [9.17, 15) is 26.7 Å². The van der Waals surface area contributed by atoms with Crippen molar-refractivity contribution in [2.75, 3.05) is 10.6 Å². The van der Waals surface area contributed by atoms with Gasteiger partial charge in [0.05, 0.1) is 17.4 Å². The van der Waals surface area contributed by atoms with Crippen LogP contribution >= 0.6 is 22.6 Å². The van der Waals surface area contributed by atoms with Crippen molar-refractivity contribution >= 4 is 45.8 Å². The molecule has 0 saturated heterocycles. The lowest BCUT2D eigenvalue weighted by molar-refractivity contribution is -0.143. The summed E-state index contributed by atoms with van der Waals surface area (Å²) in [4.78, 5) is 21.1. The summed E-state index contributed by atoms with van der Waals surface area (Å²) in [5.74, 6) is -2.77. The molecule has 5 rings (SSSR count). The fourth-order valence-corrected chi connectivity index (χ4v) is 4.24. The fourth-order valence-electron chi connectivity index (χ4n) is 3.69. The average Bonchev–Trinajstić information content (AvgIpc) is 3.37. The van der Waals surface area contributed by atoms with Gasteiger partial charge in [0, 0.05) is 33.3 Å². The fraction of sp³-hybridized carbons (Fsp3) is 0.0370. The van der Waals surface area contributed by atoms with Crippen molar-refractivity contribution in [1.29, 1.82) is 0 Å². The van der Waals surface area contributed by atoms with Crippen LogP contribution in [0.4, 0.5) is 39.3 Å². The number of anilines is 3. The van der Waals surface area contributed by atoms with Crippen LogP contribution in [0.15, 0.2) is 85.2 Å². The number of nitrogens with zero attached hydrogens (tertiary/aromatic N) is 4. The van der Waals surface area contributed by atoms with E-state index in [1.54, 1.807) is 0 Å². The molecule has 0 radical (unpaired) electrons. The first-order valence-electron chi connectivity index (χ1n) is 11.6. The Morgan fingerprint density at radius 3 is 2.44 bits per heavy atom. The van der Waals surface area contributed by atoms with Crippen molar-refractivity contribution in [3.63, 3.8) is 0 Å². The van der Waals surface area contributed by atoms with E-state index in [4.69, 9.17) is 4.74 Å². The molecule has 0 bridgehead atoms. The normalized spacial score (nSPS) is 11.3. The molecule has 0 aliphatic rings. The third kappa shape index (κ3) is 6.59. The van der Waals surface area contributed by atoms with Crippen LogP contribution in [-0.4, -0.2) is 25.7 Å². The van der Waals surface area contributed by atoms with Crippen molar-refractivity contribution in [2.24, 2.45) is 0 Å². The Labute approximate surface area is 242 Å². The van der Waals surface area contributed by atoms with Crippen LogP contribution in [0.1, 0.15) is 16.1 Å². The molecule has 0 spiro atoms. The first-order valence-corrected chi connectivity index (χ1v) is 12.7. The zero-order valence-electron chi connectivity index (χ0n) is 20.5. The lowest BCUT2D eigenvalue weighted by Crippen LogP contribution is -2.20. The maximum atomic E-state index is 14.8. The van der Waals surface area contributed by atoms with Crippen LogP contribution in [0, 0.1) is 15.2 Å². The minimum atomic E-state index is -4.98. The molecule has 0 unspecified atom stereocenters. The van der Waals surface area contributed by atoms with E-state index >= 15 is 0 Å². The van der Waals surface area contributed by atoms with Crippen LogP contribution in [0.3, 0.4) is 0 Å². The van der Waals surface area contributed by atoms with Crippen molar-refractivity contribution in [1.82, 2.24) is 19.7 Å². The molecule has 8 nitrogen and oxygen atoms in total. The third-order valence-corrected chi connectivity index (χ3v) is 6.14. The van der Waals surface area contributed by atoms with Crippen LogP contribution in [0.2, 0.25) is 0 Å². The second-order valence-electron chi connectivity index (χ2n) is 8.35. The van der Waals surface area contributed by atoms with Gasteiger partial charge in [0.1, 0.15) is 5.82 Å². The molecule has 2 aromatic heterocycles. The number of amides is 1. The molecule has 208 valence electrons. The molecule has 0 aliphatic heterocycles. The maximum Gasteiger partial charge on any atom is 0.434 e. The number of nitrogens with one attached hydrogen (secondary N) is 2. The molecule has 1 amide bonds. The third-order valence-electron chi connectivity index (χ3n) is 5.47. The van der Waals surface area contributed by atoms with E-state index < -0.39 is 35.0 Å². The number of ether oxygens (including phenoxy) is 1. The van der Waals surface area contributed by atoms with Gasteiger partial charge in [-0.25, -0.2) is 18.4 Å². The molecule has 0 atom stereocenters. The van der Waals surface area contributed by atoms with E-state index in [2.05, 4.69) is 48.3 Å². The summed E-state index contributed by atoms with van der Waals surface area (Å²) in [6.07, 6.45) is -2.84. The van der Waals surface area contributed by atoms with Crippen molar-refractivity contribution in [2.45, 2.75) is 6.18 Å². The second kappa shape index (κ2) is 11.5. The van der Waals surface area contributed by atoms with Gasteiger partial charge in [-0.1, -0.05) is 6.07 Å². The number of carbonyl (C=O) groups is 1. The van der Waals surface area contributed by atoms with Gasteiger partial charge in [0.25, 0.3) is 5.91 Å². The van der Waals surface area contributed by atoms with Gasteiger partial charge >= 0.3 is 6.18 Å². The SMILES string of the molecule is O=C(Nc1ccc(Oc2ccnc(Nc3cccc(I)c3)n2)c(F)c1)c1cnn(-c2ccc(F)cc2)c1C(F)(F)F. The smallest absolute Gasteiger partial charge is 0.434 e. The largest absolute Gasteiger partial charge is 0.436 e. The number of aromatic nitrogens is 4. The molecule has 0 saturated carbocycles. The Bertz CT molecular complexity index is 1730. The molecule has 5 aromatic rings. The first-order chi connectivity index (χ1) is 19.6. The van der Waals surface area contributed by atoms with Gasteiger partial charge in [0.15, 0.2) is 17.3 Å². The lowest BCUT2D eigenvalue weighted by atomic mass is 10.2. The highest BCUT2D eigenvalue weighted by atomic mass is 127. The predicted molar refractivity (Wildman–Crippen MR) is 147 cm³/mol. The minimum Gasteiger partial charge on any atom is -0.436 e. The summed E-state index contributed by atoms with van der Waals surface area (Å²) in [5.41, 5.74) is -1.69. The van der Waals surface area contributed by atoms with Gasteiger partial charge < -0.3 is 15.4 Å². The number of hydrogen-bond acceptors (Lipinski definition) is 6. The summed E-state index contributed by atoms with van der Waals surface area (Å²) < 4.78 is 76.7. The zero-order valence-corrected chi connectivity index (χ0v) is 22.6. The van der Waals surface area contributed by atoms with E-state index in [0.29, 0.717) is 4.68 Å². The van der Waals surface area contributed by atoms with Crippen molar-refractivity contribution in [3.05, 3.63) is 112 Å². The zero-order chi connectivity index (χ0) is 29.1. The van der Waals surface area contributed by atoms with Crippen LogP contribution in [-0.2, 0) is 6.18 Å². The number of hydrogen-bond donors (Lipinski definition) is 2. The van der Waals surface area contributed by atoms with E-state index in [-0.39, 0.29) is 29.0 Å². The quantitative estimate of drug-likeness (QED) is 0.138. The van der Waals surface area contributed by atoms with E-state index in [1.165, 1.54) is 24.4 Å².